The fourth-order valence-electron chi connectivity index (χ4n) is 2.39. The van der Waals surface area contributed by atoms with Gasteiger partial charge in [-0.3, -0.25) is 4.79 Å². The smallest absolute Gasteiger partial charge is 0.312 e. The topological polar surface area (TPSA) is 106 Å². The van der Waals surface area contributed by atoms with E-state index in [0.717, 1.165) is 11.1 Å². The molecule has 1 atom stereocenters. The summed E-state index contributed by atoms with van der Waals surface area (Å²) in [6.45, 7) is 2.66. The SMILES string of the molecule is CCOc1ncccc1CNC(=O)C[C@@H](NC(N)=O)c1ccccc1. The Kier molecular flexibility index (Phi) is 6.76. The number of hydrogen-bond donors (Lipinski definition) is 3. The maximum Gasteiger partial charge on any atom is 0.312 e. The normalized spacial score (nSPS) is 11.4. The van der Waals surface area contributed by atoms with Crippen LogP contribution in [0.4, 0.5) is 4.79 Å². The van der Waals surface area contributed by atoms with Gasteiger partial charge in [-0.05, 0) is 18.6 Å². The molecule has 0 bridgehead atoms. The molecule has 0 aliphatic carbocycles. The summed E-state index contributed by atoms with van der Waals surface area (Å²) in [6, 6.07) is 11.7. The van der Waals surface area contributed by atoms with Gasteiger partial charge in [0.15, 0.2) is 0 Å². The van der Waals surface area contributed by atoms with Gasteiger partial charge in [0.25, 0.3) is 0 Å². The highest BCUT2D eigenvalue weighted by molar-refractivity contribution is 5.78. The van der Waals surface area contributed by atoms with E-state index in [-0.39, 0.29) is 12.3 Å². The molecule has 0 unspecified atom stereocenters. The molecular weight excluding hydrogens is 320 g/mol. The number of primary amides is 1. The number of ether oxygens (including phenoxy) is 1. The standard InChI is InChI=1S/C18H22N4O3/c1-2-25-17-14(9-6-10-20-17)12-21-16(23)11-15(22-18(19)24)13-7-4-3-5-8-13/h3-10,15H,2,11-12H2,1H3,(H,21,23)(H3,19,22,24)/t15-/m1/s1. The van der Waals surface area contributed by atoms with Gasteiger partial charge in [-0.1, -0.05) is 36.4 Å². The number of benzene rings is 1. The van der Waals surface area contributed by atoms with Crippen LogP contribution < -0.4 is 21.1 Å². The Hall–Kier alpha value is -3.09. The van der Waals surface area contributed by atoms with E-state index in [1.54, 1.807) is 12.3 Å². The molecule has 0 spiro atoms. The summed E-state index contributed by atoms with van der Waals surface area (Å²) in [7, 11) is 0. The lowest BCUT2D eigenvalue weighted by Gasteiger charge is -2.18. The molecule has 1 aromatic heterocycles. The summed E-state index contributed by atoms with van der Waals surface area (Å²) in [4.78, 5) is 27.6. The molecule has 7 nitrogen and oxygen atoms in total. The number of nitrogens with two attached hydrogens (primary N) is 1. The van der Waals surface area contributed by atoms with Crippen molar-refractivity contribution >= 4 is 11.9 Å². The van der Waals surface area contributed by atoms with Gasteiger partial charge in [-0.2, -0.15) is 0 Å². The van der Waals surface area contributed by atoms with Crippen LogP contribution in [-0.2, 0) is 11.3 Å². The zero-order valence-electron chi connectivity index (χ0n) is 14.1. The molecule has 25 heavy (non-hydrogen) atoms. The van der Waals surface area contributed by atoms with Gasteiger partial charge >= 0.3 is 6.03 Å². The van der Waals surface area contributed by atoms with E-state index in [1.807, 2.05) is 43.3 Å². The molecular formula is C18H22N4O3. The first-order valence-corrected chi connectivity index (χ1v) is 8.04. The predicted octanol–water partition coefficient (Wildman–Crippen LogP) is 1.90. The Morgan fingerprint density at radius 1 is 1.20 bits per heavy atom. The first-order chi connectivity index (χ1) is 12.1. The molecule has 3 amide bonds. The monoisotopic (exact) mass is 342 g/mol. The Morgan fingerprint density at radius 3 is 2.64 bits per heavy atom. The second kappa shape index (κ2) is 9.27. The van der Waals surface area contributed by atoms with Crippen molar-refractivity contribution in [2.45, 2.75) is 25.9 Å². The Balaban J connectivity index is 1.98. The number of nitrogens with one attached hydrogen (secondary N) is 2. The van der Waals surface area contributed by atoms with Gasteiger partial charge in [0.05, 0.1) is 19.1 Å². The Labute approximate surface area is 146 Å². The van der Waals surface area contributed by atoms with E-state index in [4.69, 9.17) is 10.5 Å². The lowest BCUT2D eigenvalue weighted by Crippen LogP contribution is -2.36. The third-order valence-electron chi connectivity index (χ3n) is 3.51. The van der Waals surface area contributed by atoms with E-state index < -0.39 is 12.1 Å². The average Bonchev–Trinajstić information content (AvgIpc) is 2.61. The molecule has 0 aliphatic heterocycles. The molecule has 1 aromatic carbocycles. The number of rotatable bonds is 8. The van der Waals surface area contributed by atoms with Gasteiger partial charge in [-0.15, -0.1) is 0 Å². The molecule has 132 valence electrons. The summed E-state index contributed by atoms with van der Waals surface area (Å²) >= 11 is 0. The molecule has 1 heterocycles. The maximum atomic E-state index is 12.3. The van der Waals surface area contributed by atoms with Crippen LogP contribution >= 0.6 is 0 Å². The Morgan fingerprint density at radius 2 is 1.96 bits per heavy atom. The minimum atomic E-state index is -0.674. The van der Waals surface area contributed by atoms with Crippen LogP contribution in [0.1, 0.15) is 30.5 Å². The van der Waals surface area contributed by atoms with E-state index >= 15 is 0 Å². The summed E-state index contributed by atoms with van der Waals surface area (Å²) in [5.41, 5.74) is 6.82. The minimum absolute atomic E-state index is 0.0805. The lowest BCUT2D eigenvalue weighted by atomic mass is 10.0. The van der Waals surface area contributed by atoms with Crippen molar-refractivity contribution < 1.29 is 14.3 Å². The van der Waals surface area contributed by atoms with Crippen LogP contribution in [0.25, 0.3) is 0 Å². The molecule has 7 heteroatoms. The van der Waals surface area contributed by atoms with Crippen molar-refractivity contribution in [3.63, 3.8) is 0 Å². The molecule has 2 aromatic rings. The van der Waals surface area contributed by atoms with E-state index in [9.17, 15) is 9.59 Å². The summed E-state index contributed by atoms with van der Waals surface area (Å²) in [5.74, 6) is 0.286. The fraction of sp³-hybridized carbons (Fsp3) is 0.278. The van der Waals surface area contributed by atoms with Crippen molar-refractivity contribution in [2.24, 2.45) is 5.73 Å². The molecule has 0 saturated heterocycles. The van der Waals surface area contributed by atoms with Crippen molar-refractivity contribution in [1.82, 2.24) is 15.6 Å². The lowest BCUT2D eigenvalue weighted by molar-refractivity contribution is -0.121. The van der Waals surface area contributed by atoms with Crippen LogP contribution in [-0.4, -0.2) is 23.5 Å². The average molecular weight is 342 g/mol. The van der Waals surface area contributed by atoms with Gasteiger partial charge in [0.2, 0.25) is 11.8 Å². The van der Waals surface area contributed by atoms with Crippen molar-refractivity contribution in [3.05, 3.63) is 59.8 Å². The molecule has 0 saturated carbocycles. The van der Waals surface area contributed by atoms with Gasteiger partial charge in [0, 0.05) is 18.3 Å². The summed E-state index contributed by atoms with van der Waals surface area (Å²) in [6.07, 6.45) is 1.72. The van der Waals surface area contributed by atoms with Gasteiger partial charge in [0.1, 0.15) is 0 Å². The summed E-state index contributed by atoms with van der Waals surface area (Å²) in [5, 5.41) is 5.42. The number of nitrogens with zero attached hydrogens (tertiary/aromatic N) is 1. The number of pyridine rings is 1. The quantitative estimate of drug-likeness (QED) is 0.681. The van der Waals surface area contributed by atoms with Crippen LogP contribution in [0.15, 0.2) is 48.7 Å². The zero-order chi connectivity index (χ0) is 18.1. The first kappa shape index (κ1) is 18.3. The molecule has 0 radical (unpaired) electrons. The highest BCUT2D eigenvalue weighted by atomic mass is 16.5. The second-order valence-corrected chi connectivity index (χ2v) is 5.35. The van der Waals surface area contributed by atoms with Crippen LogP contribution in [0.2, 0.25) is 0 Å². The number of hydrogen-bond acceptors (Lipinski definition) is 4. The van der Waals surface area contributed by atoms with E-state index in [1.165, 1.54) is 0 Å². The highest BCUT2D eigenvalue weighted by Crippen LogP contribution is 2.17. The van der Waals surface area contributed by atoms with Crippen molar-refractivity contribution in [2.75, 3.05) is 6.61 Å². The van der Waals surface area contributed by atoms with Crippen molar-refractivity contribution in [1.29, 1.82) is 0 Å². The molecule has 0 fully saturated rings. The summed E-state index contributed by atoms with van der Waals surface area (Å²) < 4.78 is 5.44. The van der Waals surface area contributed by atoms with E-state index in [0.29, 0.717) is 19.0 Å². The number of urea groups is 1. The number of amides is 3. The van der Waals surface area contributed by atoms with Crippen LogP contribution in [0, 0.1) is 0 Å². The minimum Gasteiger partial charge on any atom is -0.478 e. The molecule has 4 N–H and O–H groups in total. The first-order valence-electron chi connectivity index (χ1n) is 8.04. The second-order valence-electron chi connectivity index (χ2n) is 5.35. The molecule has 2 rings (SSSR count). The number of aromatic nitrogens is 1. The molecule has 0 aliphatic rings. The van der Waals surface area contributed by atoms with E-state index in [2.05, 4.69) is 15.6 Å². The third kappa shape index (κ3) is 5.80. The van der Waals surface area contributed by atoms with Crippen LogP contribution in [0.3, 0.4) is 0 Å². The maximum absolute atomic E-state index is 12.3. The fourth-order valence-corrected chi connectivity index (χ4v) is 2.39. The van der Waals surface area contributed by atoms with Crippen molar-refractivity contribution in [3.8, 4) is 5.88 Å². The van der Waals surface area contributed by atoms with Gasteiger partial charge in [-0.25, -0.2) is 9.78 Å². The van der Waals surface area contributed by atoms with Gasteiger partial charge < -0.3 is 21.1 Å². The third-order valence-corrected chi connectivity index (χ3v) is 3.51. The highest BCUT2D eigenvalue weighted by Gasteiger charge is 2.17. The Bertz CT molecular complexity index is 706. The number of carbonyl (C=O) groups is 2. The number of carbonyl (C=O) groups excluding carboxylic acids is 2. The zero-order valence-corrected chi connectivity index (χ0v) is 14.1. The largest absolute Gasteiger partial charge is 0.478 e. The predicted molar refractivity (Wildman–Crippen MR) is 93.8 cm³/mol. The van der Waals surface area contributed by atoms with Crippen LogP contribution in [0.5, 0.6) is 5.88 Å².